The Kier molecular flexibility index (Phi) is 6.43. The highest BCUT2D eigenvalue weighted by Gasteiger charge is 2.38. The molecule has 1 rings (SSSR count). The summed E-state index contributed by atoms with van der Waals surface area (Å²) >= 11 is 0. The maximum absolute atomic E-state index is 12.1. The van der Waals surface area contributed by atoms with Crippen LogP contribution in [0.2, 0.25) is 0 Å². The van der Waals surface area contributed by atoms with Gasteiger partial charge in [-0.05, 0) is 34.6 Å². The molecule has 1 amide bonds. The zero-order chi connectivity index (χ0) is 16.2. The summed E-state index contributed by atoms with van der Waals surface area (Å²) in [4.78, 5) is 13.8. The third-order valence-electron chi connectivity index (χ3n) is 3.77. The molecule has 0 aromatic carbocycles. The Labute approximate surface area is 128 Å². The first-order valence-corrected chi connectivity index (χ1v) is 7.47. The molecule has 6 heteroatoms. The summed E-state index contributed by atoms with van der Waals surface area (Å²) in [5, 5.41) is 3.48. The predicted octanol–water partition coefficient (Wildman–Crippen LogP) is 1.63. The third kappa shape index (κ3) is 5.45. The van der Waals surface area contributed by atoms with Gasteiger partial charge in [0.1, 0.15) is 5.60 Å². The SMILES string of the molecule is COC(C)C(C)NC1CN(C(=O)OC(C)(C)C)C[C@@H]1OC. The molecule has 3 unspecified atom stereocenters. The molecule has 1 aliphatic heterocycles. The summed E-state index contributed by atoms with van der Waals surface area (Å²) in [5.41, 5.74) is -0.483. The maximum atomic E-state index is 12.1. The van der Waals surface area contributed by atoms with E-state index in [2.05, 4.69) is 12.2 Å². The van der Waals surface area contributed by atoms with Gasteiger partial charge < -0.3 is 24.4 Å². The smallest absolute Gasteiger partial charge is 0.410 e. The molecule has 6 nitrogen and oxygen atoms in total. The Bertz CT molecular complexity index is 343. The first-order valence-electron chi connectivity index (χ1n) is 7.47. The van der Waals surface area contributed by atoms with Crippen LogP contribution >= 0.6 is 0 Å². The molecular formula is C15H30N2O4. The summed E-state index contributed by atoms with van der Waals surface area (Å²) in [6.45, 7) is 10.8. The molecule has 1 aliphatic rings. The first-order chi connectivity index (χ1) is 9.67. The van der Waals surface area contributed by atoms with Gasteiger partial charge in [-0.15, -0.1) is 0 Å². The van der Waals surface area contributed by atoms with Crippen LogP contribution in [0.25, 0.3) is 0 Å². The molecule has 0 aliphatic carbocycles. The van der Waals surface area contributed by atoms with Gasteiger partial charge >= 0.3 is 6.09 Å². The van der Waals surface area contributed by atoms with Gasteiger partial charge in [0, 0.05) is 26.8 Å². The molecule has 0 radical (unpaired) electrons. The molecule has 124 valence electrons. The molecule has 0 bridgehead atoms. The minimum atomic E-state index is -0.483. The lowest BCUT2D eigenvalue weighted by Crippen LogP contribution is -2.49. The predicted molar refractivity (Wildman–Crippen MR) is 81.5 cm³/mol. The van der Waals surface area contributed by atoms with Crippen molar-refractivity contribution in [2.75, 3.05) is 27.3 Å². The van der Waals surface area contributed by atoms with Crippen molar-refractivity contribution in [2.45, 2.75) is 64.5 Å². The van der Waals surface area contributed by atoms with Crippen LogP contribution in [0.15, 0.2) is 0 Å². The van der Waals surface area contributed by atoms with Crippen molar-refractivity contribution in [1.29, 1.82) is 0 Å². The quantitative estimate of drug-likeness (QED) is 0.836. The first kappa shape index (κ1) is 18.2. The van der Waals surface area contributed by atoms with E-state index in [9.17, 15) is 4.79 Å². The molecule has 0 aromatic heterocycles. The number of hydrogen-bond donors (Lipinski definition) is 1. The van der Waals surface area contributed by atoms with Crippen molar-refractivity contribution in [1.82, 2.24) is 10.2 Å². The highest BCUT2D eigenvalue weighted by Crippen LogP contribution is 2.18. The van der Waals surface area contributed by atoms with Gasteiger partial charge in [0.15, 0.2) is 0 Å². The average Bonchev–Trinajstić information content (AvgIpc) is 2.78. The van der Waals surface area contributed by atoms with Crippen molar-refractivity contribution in [3.8, 4) is 0 Å². The average molecular weight is 302 g/mol. The third-order valence-corrected chi connectivity index (χ3v) is 3.77. The second kappa shape index (κ2) is 7.42. The molecule has 1 fully saturated rings. The van der Waals surface area contributed by atoms with E-state index in [0.717, 1.165) is 0 Å². The van der Waals surface area contributed by atoms with Crippen molar-refractivity contribution in [3.05, 3.63) is 0 Å². The second-order valence-electron chi connectivity index (χ2n) is 6.66. The summed E-state index contributed by atoms with van der Waals surface area (Å²) in [6, 6.07) is 0.256. The fourth-order valence-electron chi connectivity index (χ4n) is 2.33. The minimum Gasteiger partial charge on any atom is -0.444 e. The summed E-state index contributed by atoms with van der Waals surface area (Å²) in [5.74, 6) is 0. The summed E-state index contributed by atoms with van der Waals surface area (Å²) in [7, 11) is 3.36. The molecule has 0 aromatic rings. The molecule has 4 atom stereocenters. The monoisotopic (exact) mass is 302 g/mol. The molecule has 1 heterocycles. The Morgan fingerprint density at radius 1 is 1.24 bits per heavy atom. The van der Waals surface area contributed by atoms with Crippen molar-refractivity contribution in [3.63, 3.8) is 0 Å². The highest BCUT2D eigenvalue weighted by atomic mass is 16.6. The maximum Gasteiger partial charge on any atom is 0.410 e. The van der Waals surface area contributed by atoms with E-state index in [4.69, 9.17) is 14.2 Å². The Balaban J connectivity index is 2.61. The number of carbonyl (C=O) groups is 1. The van der Waals surface area contributed by atoms with Crippen LogP contribution < -0.4 is 5.32 Å². The zero-order valence-corrected chi connectivity index (χ0v) is 14.3. The minimum absolute atomic E-state index is 0.0379. The molecule has 21 heavy (non-hydrogen) atoms. The van der Waals surface area contributed by atoms with Crippen molar-refractivity contribution < 1.29 is 19.0 Å². The fraction of sp³-hybridized carbons (Fsp3) is 0.933. The number of likely N-dealkylation sites (tertiary alicyclic amines) is 1. The number of methoxy groups -OCH3 is 2. The van der Waals surface area contributed by atoms with Crippen LogP contribution in [0.3, 0.4) is 0 Å². The van der Waals surface area contributed by atoms with E-state index >= 15 is 0 Å². The van der Waals surface area contributed by atoms with E-state index in [1.165, 1.54) is 0 Å². The van der Waals surface area contributed by atoms with Crippen molar-refractivity contribution in [2.24, 2.45) is 0 Å². The van der Waals surface area contributed by atoms with Gasteiger partial charge in [0.25, 0.3) is 0 Å². The van der Waals surface area contributed by atoms with Gasteiger partial charge in [-0.3, -0.25) is 0 Å². The van der Waals surface area contributed by atoms with E-state index < -0.39 is 5.60 Å². The lowest BCUT2D eigenvalue weighted by molar-refractivity contribution is 0.0251. The number of rotatable bonds is 5. The normalized spacial score (nSPS) is 25.8. The zero-order valence-electron chi connectivity index (χ0n) is 14.3. The van der Waals surface area contributed by atoms with E-state index in [1.807, 2.05) is 27.7 Å². The number of ether oxygens (including phenoxy) is 3. The number of carbonyl (C=O) groups excluding carboxylic acids is 1. The largest absolute Gasteiger partial charge is 0.444 e. The van der Waals surface area contributed by atoms with Crippen LogP contribution in [0, 0.1) is 0 Å². The molecule has 0 spiro atoms. The van der Waals surface area contributed by atoms with Gasteiger partial charge in [0.2, 0.25) is 0 Å². The standard InChI is InChI=1S/C15H30N2O4/c1-10(11(2)19-6)16-12-8-17(9-13(12)20-7)14(18)21-15(3,4)5/h10-13,16H,8-9H2,1-7H3/t10?,11?,12?,13-/m0/s1. The summed E-state index contributed by atoms with van der Waals surface area (Å²) in [6.07, 6.45) is -0.233. The van der Waals surface area contributed by atoms with Crippen molar-refractivity contribution >= 4 is 6.09 Å². The molecular weight excluding hydrogens is 272 g/mol. The van der Waals surface area contributed by atoms with Crippen LogP contribution in [-0.2, 0) is 14.2 Å². The van der Waals surface area contributed by atoms with Crippen LogP contribution in [0.1, 0.15) is 34.6 Å². The number of nitrogens with zero attached hydrogens (tertiary/aromatic N) is 1. The van der Waals surface area contributed by atoms with E-state index in [-0.39, 0.29) is 30.4 Å². The second-order valence-corrected chi connectivity index (χ2v) is 6.66. The van der Waals surface area contributed by atoms with Gasteiger partial charge in [-0.2, -0.15) is 0 Å². The van der Waals surface area contributed by atoms with Crippen LogP contribution in [-0.4, -0.2) is 68.2 Å². The van der Waals surface area contributed by atoms with Gasteiger partial charge in [-0.25, -0.2) is 4.79 Å². The Hall–Kier alpha value is -0.850. The molecule has 1 N–H and O–H groups in total. The van der Waals surface area contributed by atoms with Gasteiger partial charge in [0.05, 0.1) is 24.8 Å². The van der Waals surface area contributed by atoms with Crippen LogP contribution in [0.4, 0.5) is 4.79 Å². The summed E-state index contributed by atoms with van der Waals surface area (Å²) < 4.78 is 16.2. The lowest BCUT2D eigenvalue weighted by atomic mass is 10.1. The molecule has 1 saturated heterocycles. The molecule has 0 saturated carbocycles. The number of amides is 1. The Morgan fingerprint density at radius 2 is 1.86 bits per heavy atom. The number of nitrogens with one attached hydrogen (secondary N) is 1. The fourth-order valence-corrected chi connectivity index (χ4v) is 2.33. The topological polar surface area (TPSA) is 60.0 Å². The Morgan fingerprint density at radius 3 is 2.33 bits per heavy atom. The highest BCUT2D eigenvalue weighted by molar-refractivity contribution is 5.68. The van der Waals surface area contributed by atoms with Gasteiger partial charge in [-0.1, -0.05) is 0 Å². The van der Waals surface area contributed by atoms with E-state index in [1.54, 1.807) is 19.1 Å². The lowest BCUT2D eigenvalue weighted by Gasteiger charge is -2.26. The van der Waals surface area contributed by atoms with Crippen LogP contribution in [0.5, 0.6) is 0 Å². The number of hydrogen-bond acceptors (Lipinski definition) is 5. The van der Waals surface area contributed by atoms with E-state index in [0.29, 0.717) is 13.1 Å².